The summed E-state index contributed by atoms with van der Waals surface area (Å²) >= 11 is 0. The van der Waals surface area contributed by atoms with Crippen LogP contribution >= 0.6 is 0 Å². The first-order chi connectivity index (χ1) is 11.8. The second-order valence-electron chi connectivity index (χ2n) is 5.57. The molecule has 0 aromatic heterocycles. The molecule has 0 atom stereocenters. The Hall–Kier alpha value is -2.94. The average Bonchev–Trinajstić information content (AvgIpc) is 2.56. The fourth-order valence-electron chi connectivity index (χ4n) is 2.32. The van der Waals surface area contributed by atoms with Gasteiger partial charge in [0, 0.05) is 23.6 Å². The number of ketones is 1. The van der Waals surface area contributed by atoms with Gasteiger partial charge in [0.15, 0.2) is 5.78 Å². The van der Waals surface area contributed by atoms with E-state index in [1.165, 1.54) is 6.92 Å². The maximum Gasteiger partial charge on any atom is 0.160 e. The smallest absolute Gasteiger partial charge is 0.160 e. The number of carbonyl (C=O) groups excluding carboxylic acids is 1. The highest BCUT2D eigenvalue weighted by molar-refractivity contribution is 6.21. The molecule has 0 bridgehead atoms. The van der Waals surface area contributed by atoms with Gasteiger partial charge in [0.1, 0.15) is 5.75 Å². The third-order valence-corrected chi connectivity index (χ3v) is 3.69. The van der Waals surface area contributed by atoms with Crippen LogP contribution in [0.4, 0.5) is 0 Å². The van der Waals surface area contributed by atoms with E-state index in [1.54, 1.807) is 36.7 Å². The highest BCUT2D eigenvalue weighted by Gasteiger charge is 2.14. The number of aliphatic imine (C=N–C) groups is 1. The Morgan fingerprint density at radius 3 is 2.36 bits per heavy atom. The fourth-order valence-corrected chi connectivity index (χ4v) is 2.32. The molecule has 0 aliphatic rings. The van der Waals surface area contributed by atoms with E-state index in [2.05, 4.69) is 18.2 Å². The SMILES string of the molecule is C=C/C(=C\N=CC)c1ccc(/C(=C/C(=C/C)C(=C)C)C(C)=O)c(O)c1. The maximum absolute atomic E-state index is 12.1. The molecule has 1 rings (SSSR count). The number of phenolic OH excluding ortho intramolecular Hbond substituents is 1. The van der Waals surface area contributed by atoms with Crippen molar-refractivity contribution in [2.45, 2.75) is 27.7 Å². The van der Waals surface area contributed by atoms with E-state index >= 15 is 0 Å². The van der Waals surface area contributed by atoms with Crippen molar-refractivity contribution in [3.63, 3.8) is 0 Å². The number of aromatic hydroxyl groups is 1. The van der Waals surface area contributed by atoms with Crippen molar-refractivity contribution in [1.29, 1.82) is 0 Å². The van der Waals surface area contributed by atoms with Crippen molar-refractivity contribution in [2.75, 3.05) is 0 Å². The zero-order valence-electron chi connectivity index (χ0n) is 15.3. The number of allylic oxidation sites excluding steroid dienone is 7. The van der Waals surface area contributed by atoms with Gasteiger partial charge in [-0.2, -0.15) is 0 Å². The first kappa shape index (κ1) is 20.1. The topological polar surface area (TPSA) is 49.7 Å². The van der Waals surface area contributed by atoms with Crippen LogP contribution in [-0.2, 0) is 4.79 Å². The first-order valence-electron chi connectivity index (χ1n) is 8.04. The molecule has 0 unspecified atom stereocenters. The van der Waals surface area contributed by atoms with E-state index < -0.39 is 0 Å². The Balaban J connectivity index is 3.46. The lowest BCUT2D eigenvalue weighted by molar-refractivity contribution is -0.111. The lowest BCUT2D eigenvalue weighted by atomic mass is 9.94. The van der Waals surface area contributed by atoms with Gasteiger partial charge in [-0.05, 0) is 62.6 Å². The van der Waals surface area contributed by atoms with Gasteiger partial charge in [0.25, 0.3) is 0 Å². The van der Waals surface area contributed by atoms with E-state index in [0.717, 1.165) is 22.3 Å². The Labute approximate surface area is 150 Å². The van der Waals surface area contributed by atoms with Crippen LogP contribution in [0.5, 0.6) is 5.75 Å². The summed E-state index contributed by atoms with van der Waals surface area (Å²) in [6, 6.07) is 5.18. The van der Waals surface area contributed by atoms with Crippen molar-refractivity contribution in [3.8, 4) is 5.75 Å². The van der Waals surface area contributed by atoms with Gasteiger partial charge in [-0.1, -0.05) is 36.9 Å². The van der Waals surface area contributed by atoms with Crippen molar-refractivity contribution in [2.24, 2.45) is 4.99 Å². The number of rotatable bonds is 7. The average molecular weight is 335 g/mol. The van der Waals surface area contributed by atoms with Gasteiger partial charge in [0.05, 0.1) is 0 Å². The molecule has 0 saturated heterocycles. The van der Waals surface area contributed by atoms with Crippen LogP contribution in [0.15, 0.2) is 71.9 Å². The van der Waals surface area contributed by atoms with Gasteiger partial charge < -0.3 is 5.11 Å². The minimum Gasteiger partial charge on any atom is -0.507 e. The Morgan fingerprint density at radius 1 is 1.24 bits per heavy atom. The highest BCUT2D eigenvalue weighted by atomic mass is 16.3. The van der Waals surface area contributed by atoms with Crippen molar-refractivity contribution < 1.29 is 9.90 Å². The van der Waals surface area contributed by atoms with E-state index in [1.807, 2.05) is 32.9 Å². The molecular weight excluding hydrogens is 310 g/mol. The Morgan fingerprint density at radius 2 is 1.92 bits per heavy atom. The van der Waals surface area contributed by atoms with E-state index in [4.69, 9.17) is 0 Å². The molecule has 0 saturated carbocycles. The molecule has 0 amide bonds. The second kappa shape index (κ2) is 9.38. The number of hydrogen-bond donors (Lipinski definition) is 1. The lowest BCUT2D eigenvalue weighted by Gasteiger charge is -2.11. The Bertz CT molecular complexity index is 805. The molecular formula is C22H25NO2. The Kier molecular flexibility index (Phi) is 7.54. The number of carbonyl (C=O) groups is 1. The minimum atomic E-state index is -0.126. The van der Waals surface area contributed by atoms with Crippen LogP contribution in [0, 0.1) is 0 Å². The number of hydrogen-bond acceptors (Lipinski definition) is 3. The summed E-state index contributed by atoms with van der Waals surface area (Å²) in [4.78, 5) is 16.2. The third-order valence-electron chi connectivity index (χ3n) is 3.69. The maximum atomic E-state index is 12.1. The third kappa shape index (κ3) is 5.28. The molecule has 0 heterocycles. The largest absolute Gasteiger partial charge is 0.507 e. The molecule has 0 aliphatic carbocycles. The molecule has 3 nitrogen and oxygen atoms in total. The summed E-state index contributed by atoms with van der Waals surface area (Å²) in [5, 5.41) is 10.5. The van der Waals surface area contributed by atoms with Crippen molar-refractivity contribution >= 4 is 23.1 Å². The highest BCUT2D eigenvalue weighted by Crippen LogP contribution is 2.31. The molecule has 1 aromatic rings. The quantitative estimate of drug-likeness (QED) is 0.406. The van der Waals surface area contributed by atoms with E-state index in [-0.39, 0.29) is 11.5 Å². The fraction of sp³-hybridized carbons (Fsp3) is 0.182. The number of Topliss-reactive ketones (excluding diaryl/α,β-unsaturated/α-hetero) is 1. The molecule has 1 N–H and O–H groups in total. The van der Waals surface area contributed by atoms with Gasteiger partial charge in [-0.3, -0.25) is 9.79 Å². The molecule has 0 aliphatic heterocycles. The normalized spacial score (nSPS) is 13.2. The summed E-state index contributed by atoms with van der Waals surface area (Å²) in [5.41, 5.74) is 4.19. The first-order valence-corrected chi connectivity index (χ1v) is 8.04. The van der Waals surface area contributed by atoms with Crippen molar-refractivity contribution in [3.05, 3.63) is 78.1 Å². The van der Waals surface area contributed by atoms with Gasteiger partial charge >= 0.3 is 0 Å². The van der Waals surface area contributed by atoms with Crippen LogP contribution in [0.3, 0.4) is 0 Å². The molecule has 25 heavy (non-hydrogen) atoms. The molecule has 1 aromatic carbocycles. The van der Waals surface area contributed by atoms with Crippen LogP contribution in [-0.4, -0.2) is 17.1 Å². The molecule has 3 heteroatoms. The standard InChI is InChI=1S/C22H25NO2/c1-7-17(15(4)5)12-21(16(6)24)20-11-10-19(13-22(20)25)18(8-2)14-23-9-3/h7-14,25H,2,4H2,1,3,5-6H3/b17-7-,18-14+,21-12+,23-9?. The molecule has 0 fully saturated rings. The minimum absolute atomic E-state index is 0.0318. The summed E-state index contributed by atoms with van der Waals surface area (Å²) in [6.07, 6.45) is 8.65. The van der Waals surface area contributed by atoms with Crippen LogP contribution in [0.2, 0.25) is 0 Å². The molecule has 130 valence electrons. The summed E-state index contributed by atoms with van der Waals surface area (Å²) in [7, 11) is 0. The summed E-state index contributed by atoms with van der Waals surface area (Å²) < 4.78 is 0. The van der Waals surface area contributed by atoms with Gasteiger partial charge in [0.2, 0.25) is 0 Å². The van der Waals surface area contributed by atoms with E-state index in [9.17, 15) is 9.90 Å². The van der Waals surface area contributed by atoms with Crippen LogP contribution in [0.25, 0.3) is 11.1 Å². The van der Waals surface area contributed by atoms with E-state index in [0.29, 0.717) is 11.1 Å². The van der Waals surface area contributed by atoms with Gasteiger partial charge in [-0.15, -0.1) is 0 Å². The number of nitrogens with zero attached hydrogens (tertiary/aromatic N) is 1. The predicted octanol–water partition coefficient (Wildman–Crippen LogP) is 5.50. The number of phenols is 1. The van der Waals surface area contributed by atoms with Crippen LogP contribution in [0.1, 0.15) is 38.8 Å². The monoisotopic (exact) mass is 335 g/mol. The lowest BCUT2D eigenvalue weighted by Crippen LogP contribution is -1.98. The molecule has 0 radical (unpaired) electrons. The van der Waals surface area contributed by atoms with Crippen LogP contribution < -0.4 is 0 Å². The van der Waals surface area contributed by atoms with Gasteiger partial charge in [-0.25, -0.2) is 0 Å². The zero-order chi connectivity index (χ0) is 19.0. The summed E-state index contributed by atoms with van der Waals surface area (Å²) in [6.45, 7) is 14.7. The predicted molar refractivity (Wildman–Crippen MR) is 108 cm³/mol. The number of benzene rings is 1. The van der Waals surface area contributed by atoms with Crippen molar-refractivity contribution in [1.82, 2.24) is 0 Å². The second-order valence-corrected chi connectivity index (χ2v) is 5.57. The zero-order valence-corrected chi connectivity index (χ0v) is 15.3. The molecule has 0 spiro atoms. The summed E-state index contributed by atoms with van der Waals surface area (Å²) in [5.74, 6) is -0.0944.